The summed E-state index contributed by atoms with van der Waals surface area (Å²) in [5, 5.41) is 21.1. The summed E-state index contributed by atoms with van der Waals surface area (Å²) in [5.41, 5.74) is 1.56. The molecule has 3 aromatic rings. The van der Waals surface area contributed by atoms with Gasteiger partial charge in [-0.3, -0.25) is 10.1 Å². The van der Waals surface area contributed by atoms with Gasteiger partial charge in [-0.05, 0) is 48.2 Å². The molecule has 0 saturated heterocycles. The van der Waals surface area contributed by atoms with E-state index >= 15 is 0 Å². The Morgan fingerprint density at radius 1 is 1.15 bits per heavy atom. The zero-order chi connectivity index (χ0) is 18.8. The first-order chi connectivity index (χ1) is 13.2. The first-order valence-electron chi connectivity index (χ1n) is 7.74. The fourth-order valence-corrected chi connectivity index (χ4v) is 3.42. The maximum absolute atomic E-state index is 11.2. The van der Waals surface area contributed by atoms with Crippen LogP contribution in [0.1, 0.15) is 5.56 Å². The molecule has 0 amide bonds. The van der Waals surface area contributed by atoms with Gasteiger partial charge in [0.1, 0.15) is 11.1 Å². The molecule has 0 radical (unpaired) electrons. The van der Waals surface area contributed by atoms with Crippen molar-refractivity contribution in [2.45, 2.75) is 10.1 Å². The number of pyridine rings is 2. The van der Waals surface area contributed by atoms with Gasteiger partial charge >= 0.3 is 5.69 Å². The second-order valence-corrected chi connectivity index (χ2v) is 6.39. The van der Waals surface area contributed by atoms with Crippen molar-refractivity contribution in [3.05, 3.63) is 64.3 Å². The quantitative estimate of drug-likeness (QED) is 0.498. The normalized spacial score (nSPS) is 11.8. The molecule has 3 heterocycles. The number of nitrogens with zero attached hydrogens (tertiary/aromatic N) is 4. The number of ether oxygens (including phenoxy) is 2. The average molecular weight is 378 g/mol. The van der Waals surface area contributed by atoms with E-state index in [1.54, 1.807) is 24.3 Å². The number of hydrogen-bond acceptors (Lipinski definition) is 8. The fourth-order valence-electron chi connectivity index (χ4n) is 2.51. The van der Waals surface area contributed by atoms with Crippen LogP contribution >= 0.6 is 11.8 Å². The summed E-state index contributed by atoms with van der Waals surface area (Å²) in [7, 11) is 0. The van der Waals surface area contributed by atoms with Crippen LogP contribution < -0.4 is 9.47 Å². The van der Waals surface area contributed by atoms with Crippen LogP contribution in [0.5, 0.6) is 11.5 Å². The van der Waals surface area contributed by atoms with Crippen LogP contribution in [0.2, 0.25) is 0 Å². The molecule has 9 heteroatoms. The van der Waals surface area contributed by atoms with Gasteiger partial charge in [-0.25, -0.2) is 9.97 Å². The van der Waals surface area contributed by atoms with E-state index in [9.17, 15) is 15.4 Å². The molecule has 0 bridgehead atoms. The Hall–Kier alpha value is -3.64. The lowest BCUT2D eigenvalue weighted by atomic mass is 10.1. The molecule has 0 unspecified atom stereocenters. The smallest absolute Gasteiger partial charge is 0.301 e. The molecular weight excluding hydrogens is 368 g/mol. The highest BCUT2D eigenvalue weighted by atomic mass is 32.2. The van der Waals surface area contributed by atoms with Crippen LogP contribution in [0.15, 0.2) is 58.7 Å². The Labute approximate surface area is 157 Å². The molecule has 1 aliphatic rings. The summed E-state index contributed by atoms with van der Waals surface area (Å²) in [6.07, 6.45) is 1.46. The van der Waals surface area contributed by atoms with Gasteiger partial charge in [0.2, 0.25) is 6.79 Å². The monoisotopic (exact) mass is 378 g/mol. The zero-order valence-electron chi connectivity index (χ0n) is 13.7. The van der Waals surface area contributed by atoms with Crippen molar-refractivity contribution in [3.63, 3.8) is 0 Å². The zero-order valence-corrected chi connectivity index (χ0v) is 14.5. The van der Waals surface area contributed by atoms with Gasteiger partial charge in [0.15, 0.2) is 16.5 Å². The third-order valence-electron chi connectivity index (χ3n) is 3.79. The van der Waals surface area contributed by atoms with Crippen molar-refractivity contribution in [1.82, 2.24) is 9.97 Å². The largest absolute Gasteiger partial charge is 0.454 e. The molecule has 0 fully saturated rings. The minimum atomic E-state index is -0.511. The summed E-state index contributed by atoms with van der Waals surface area (Å²) in [4.78, 5) is 19.3. The Morgan fingerprint density at radius 3 is 2.81 bits per heavy atom. The highest BCUT2D eigenvalue weighted by Crippen LogP contribution is 2.37. The van der Waals surface area contributed by atoms with E-state index in [2.05, 4.69) is 16.0 Å². The van der Waals surface area contributed by atoms with Crippen LogP contribution in [0.25, 0.3) is 11.3 Å². The van der Waals surface area contributed by atoms with Gasteiger partial charge in [-0.1, -0.05) is 0 Å². The molecule has 8 nitrogen and oxygen atoms in total. The molecule has 0 aliphatic carbocycles. The molecule has 1 aliphatic heterocycles. The second kappa shape index (κ2) is 6.93. The van der Waals surface area contributed by atoms with E-state index in [1.807, 2.05) is 6.07 Å². The molecule has 27 heavy (non-hydrogen) atoms. The summed E-state index contributed by atoms with van der Waals surface area (Å²) in [6.45, 7) is 0.171. The first-order valence-corrected chi connectivity index (χ1v) is 8.56. The maximum Gasteiger partial charge on any atom is 0.301 e. The van der Waals surface area contributed by atoms with Crippen molar-refractivity contribution < 1.29 is 14.4 Å². The molecular formula is C18H10N4O4S. The highest BCUT2D eigenvalue weighted by Gasteiger charge is 2.19. The molecule has 4 rings (SSSR count). The van der Waals surface area contributed by atoms with Crippen molar-refractivity contribution in [3.8, 4) is 28.8 Å². The third kappa shape index (κ3) is 3.26. The predicted octanol–water partition coefficient (Wildman–Crippen LogP) is 3.80. The van der Waals surface area contributed by atoms with E-state index in [1.165, 1.54) is 18.3 Å². The van der Waals surface area contributed by atoms with Gasteiger partial charge < -0.3 is 9.47 Å². The van der Waals surface area contributed by atoms with Crippen LogP contribution in [0, 0.1) is 21.4 Å². The van der Waals surface area contributed by atoms with Crippen LogP contribution in [-0.2, 0) is 0 Å². The van der Waals surface area contributed by atoms with Crippen molar-refractivity contribution in [2.24, 2.45) is 0 Å². The molecule has 0 atom stereocenters. The van der Waals surface area contributed by atoms with Crippen molar-refractivity contribution >= 4 is 17.4 Å². The Morgan fingerprint density at radius 2 is 2.00 bits per heavy atom. The average Bonchev–Trinajstić information content (AvgIpc) is 3.16. The lowest BCUT2D eigenvalue weighted by Crippen LogP contribution is -1.95. The van der Waals surface area contributed by atoms with Gasteiger partial charge in [0.05, 0.1) is 16.2 Å². The summed E-state index contributed by atoms with van der Waals surface area (Å²) >= 11 is 0.986. The number of fused-ring (bicyclic) bond motifs is 1. The summed E-state index contributed by atoms with van der Waals surface area (Å²) in [5.74, 6) is 1.28. The number of nitro groups is 1. The minimum absolute atomic E-state index is 0.137. The number of aromatic nitrogens is 2. The SMILES string of the molecule is N#Cc1ccc(-c2ccc3c(c2)OCO3)nc1Sc1ncccc1[N+](=O)[O-]. The van der Waals surface area contributed by atoms with E-state index in [4.69, 9.17) is 9.47 Å². The van der Waals surface area contributed by atoms with Gasteiger partial charge in [-0.2, -0.15) is 5.26 Å². The lowest BCUT2D eigenvalue weighted by molar-refractivity contribution is -0.388. The first kappa shape index (κ1) is 16.8. The van der Waals surface area contributed by atoms with Crippen LogP contribution in [-0.4, -0.2) is 21.7 Å². The van der Waals surface area contributed by atoms with E-state index in [-0.39, 0.29) is 17.5 Å². The molecule has 132 valence electrons. The fraction of sp³-hybridized carbons (Fsp3) is 0.0556. The molecule has 0 spiro atoms. The summed E-state index contributed by atoms with van der Waals surface area (Å²) in [6, 6.07) is 13.7. The lowest BCUT2D eigenvalue weighted by Gasteiger charge is -2.07. The van der Waals surface area contributed by atoms with E-state index in [0.29, 0.717) is 27.8 Å². The topological polar surface area (TPSA) is 111 Å². The molecule has 1 aromatic carbocycles. The van der Waals surface area contributed by atoms with Gasteiger partial charge in [-0.15, -0.1) is 0 Å². The number of hydrogen-bond donors (Lipinski definition) is 0. The second-order valence-electron chi connectivity index (χ2n) is 5.42. The molecule has 2 aromatic heterocycles. The standard InChI is InChI=1S/C18H10N4O4S/c19-9-12-3-5-13(11-4-6-15-16(8-11)26-10-25-15)21-17(12)27-18-14(22(23)24)2-1-7-20-18/h1-8H,10H2. The molecule has 0 saturated carbocycles. The maximum atomic E-state index is 11.2. The summed E-state index contributed by atoms with van der Waals surface area (Å²) < 4.78 is 10.7. The van der Waals surface area contributed by atoms with Crippen LogP contribution in [0.4, 0.5) is 5.69 Å². The van der Waals surface area contributed by atoms with Gasteiger partial charge in [0.25, 0.3) is 0 Å². The number of benzene rings is 1. The Balaban J connectivity index is 1.74. The van der Waals surface area contributed by atoms with Crippen molar-refractivity contribution in [2.75, 3.05) is 6.79 Å². The predicted molar refractivity (Wildman–Crippen MR) is 95.5 cm³/mol. The Kier molecular flexibility index (Phi) is 4.32. The number of nitriles is 1. The molecule has 0 N–H and O–H groups in total. The van der Waals surface area contributed by atoms with E-state index in [0.717, 1.165) is 17.3 Å². The Bertz CT molecular complexity index is 1100. The van der Waals surface area contributed by atoms with E-state index < -0.39 is 4.92 Å². The van der Waals surface area contributed by atoms with Gasteiger partial charge in [0, 0.05) is 17.8 Å². The van der Waals surface area contributed by atoms with Crippen LogP contribution in [0.3, 0.4) is 0 Å². The highest BCUT2D eigenvalue weighted by molar-refractivity contribution is 7.99. The third-order valence-corrected chi connectivity index (χ3v) is 4.80. The minimum Gasteiger partial charge on any atom is -0.454 e. The van der Waals surface area contributed by atoms with Crippen molar-refractivity contribution in [1.29, 1.82) is 5.26 Å². The number of rotatable bonds is 4.